The van der Waals surface area contributed by atoms with E-state index in [1.165, 1.54) is 6.33 Å². The van der Waals surface area contributed by atoms with E-state index in [0.29, 0.717) is 5.82 Å². The van der Waals surface area contributed by atoms with Crippen LogP contribution in [0.1, 0.15) is 18.9 Å². The van der Waals surface area contributed by atoms with Gasteiger partial charge in [0.05, 0.1) is 11.2 Å². The largest absolute Gasteiger partial charge is 0.383 e. The molecular weight excluding hydrogens is 248 g/mol. The maximum atomic E-state index is 6.02. The van der Waals surface area contributed by atoms with Crippen LogP contribution in [-0.2, 0) is 6.42 Å². The zero-order valence-electron chi connectivity index (χ0n) is 11.4. The van der Waals surface area contributed by atoms with E-state index >= 15 is 0 Å². The Labute approximate surface area is 117 Å². The van der Waals surface area contributed by atoms with Gasteiger partial charge in [-0.15, -0.1) is 0 Å². The summed E-state index contributed by atoms with van der Waals surface area (Å²) in [5, 5.41) is 1.10. The lowest BCUT2D eigenvalue weighted by Gasteiger charge is -2.11. The lowest BCUT2D eigenvalue weighted by atomic mass is 10.0. The molecule has 4 nitrogen and oxygen atoms in total. The van der Waals surface area contributed by atoms with Crippen LogP contribution >= 0.6 is 0 Å². The molecule has 0 fully saturated rings. The number of nitrogens with two attached hydrogens (primary N) is 1. The molecule has 0 atom stereocenters. The molecule has 2 N–H and O–H groups in total. The van der Waals surface area contributed by atoms with Crippen molar-refractivity contribution in [3.63, 3.8) is 0 Å². The zero-order chi connectivity index (χ0) is 13.9. The molecule has 3 rings (SSSR count). The summed E-state index contributed by atoms with van der Waals surface area (Å²) in [4.78, 5) is 13.0. The van der Waals surface area contributed by atoms with Crippen LogP contribution in [0.25, 0.3) is 22.2 Å². The van der Waals surface area contributed by atoms with E-state index in [1.54, 1.807) is 6.20 Å². The third kappa shape index (κ3) is 2.09. The highest BCUT2D eigenvalue weighted by atomic mass is 14.9. The van der Waals surface area contributed by atoms with E-state index in [2.05, 4.69) is 34.0 Å². The number of aromatic nitrogens is 3. The van der Waals surface area contributed by atoms with Gasteiger partial charge in [-0.1, -0.05) is 37.6 Å². The Kier molecular flexibility index (Phi) is 3.29. The fourth-order valence-corrected chi connectivity index (χ4v) is 2.45. The van der Waals surface area contributed by atoms with Crippen LogP contribution in [0, 0.1) is 0 Å². The Hall–Kier alpha value is -2.49. The second-order valence-electron chi connectivity index (χ2n) is 4.72. The van der Waals surface area contributed by atoms with Gasteiger partial charge in [0.2, 0.25) is 0 Å². The minimum atomic E-state index is 0.560. The Morgan fingerprint density at radius 2 is 1.90 bits per heavy atom. The summed E-state index contributed by atoms with van der Waals surface area (Å²) in [7, 11) is 0. The van der Waals surface area contributed by atoms with Gasteiger partial charge >= 0.3 is 0 Å². The topological polar surface area (TPSA) is 64.7 Å². The number of rotatable bonds is 3. The molecule has 2 heterocycles. The average molecular weight is 264 g/mol. The van der Waals surface area contributed by atoms with E-state index in [0.717, 1.165) is 40.6 Å². The summed E-state index contributed by atoms with van der Waals surface area (Å²) in [5.41, 5.74) is 9.88. The summed E-state index contributed by atoms with van der Waals surface area (Å²) in [6.45, 7) is 2.12. The molecule has 0 radical (unpaired) electrons. The number of anilines is 1. The van der Waals surface area contributed by atoms with Crippen molar-refractivity contribution in [2.24, 2.45) is 0 Å². The molecule has 0 saturated heterocycles. The van der Waals surface area contributed by atoms with E-state index in [4.69, 9.17) is 5.73 Å². The minimum absolute atomic E-state index is 0.560. The van der Waals surface area contributed by atoms with Crippen LogP contribution in [-0.4, -0.2) is 15.0 Å². The molecule has 0 aliphatic rings. The van der Waals surface area contributed by atoms with E-state index in [1.807, 2.05) is 18.2 Å². The number of fused-ring (bicyclic) bond motifs is 1. The van der Waals surface area contributed by atoms with Gasteiger partial charge in [-0.2, -0.15) is 0 Å². The molecule has 0 amide bonds. The lowest BCUT2D eigenvalue weighted by Crippen LogP contribution is -2.03. The zero-order valence-corrected chi connectivity index (χ0v) is 11.4. The van der Waals surface area contributed by atoms with Gasteiger partial charge in [0, 0.05) is 22.7 Å². The average Bonchev–Trinajstić information content (AvgIpc) is 2.49. The third-order valence-electron chi connectivity index (χ3n) is 3.37. The van der Waals surface area contributed by atoms with Crippen LogP contribution in [0.2, 0.25) is 0 Å². The Bertz CT molecular complexity index is 747. The summed E-state index contributed by atoms with van der Waals surface area (Å²) in [5.74, 6) is 0.560. The van der Waals surface area contributed by atoms with Gasteiger partial charge in [0.25, 0.3) is 0 Å². The van der Waals surface area contributed by atoms with Crippen LogP contribution < -0.4 is 5.73 Å². The van der Waals surface area contributed by atoms with Gasteiger partial charge in [0.15, 0.2) is 0 Å². The number of nitrogens with zero attached hydrogens (tertiary/aromatic N) is 3. The van der Waals surface area contributed by atoms with Crippen LogP contribution in [0.15, 0.2) is 42.9 Å². The van der Waals surface area contributed by atoms with Crippen molar-refractivity contribution >= 4 is 16.7 Å². The number of nitrogen functional groups attached to an aromatic ring is 1. The van der Waals surface area contributed by atoms with Crippen molar-refractivity contribution in [1.82, 2.24) is 15.0 Å². The monoisotopic (exact) mass is 264 g/mol. The molecule has 0 unspecified atom stereocenters. The Morgan fingerprint density at radius 1 is 1.05 bits per heavy atom. The van der Waals surface area contributed by atoms with Crippen LogP contribution in [0.5, 0.6) is 0 Å². The molecule has 0 bridgehead atoms. The highest BCUT2D eigenvalue weighted by molar-refractivity contribution is 5.93. The predicted molar refractivity (Wildman–Crippen MR) is 81.2 cm³/mol. The molecule has 3 aromatic rings. The maximum absolute atomic E-state index is 6.02. The van der Waals surface area contributed by atoms with Crippen molar-refractivity contribution in [3.8, 4) is 11.3 Å². The smallest absolute Gasteiger partial charge is 0.130 e. The molecule has 100 valence electrons. The van der Waals surface area contributed by atoms with Crippen molar-refractivity contribution in [2.45, 2.75) is 19.8 Å². The van der Waals surface area contributed by atoms with Crippen molar-refractivity contribution < 1.29 is 0 Å². The van der Waals surface area contributed by atoms with Gasteiger partial charge < -0.3 is 5.73 Å². The van der Waals surface area contributed by atoms with Crippen molar-refractivity contribution in [3.05, 3.63) is 48.4 Å². The van der Waals surface area contributed by atoms with E-state index < -0.39 is 0 Å². The Balaban J connectivity index is 2.28. The molecular formula is C16H16N4. The van der Waals surface area contributed by atoms with Crippen molar-refractivity contribution in [2.75, 3.05) is 5.73 Å². The normalized spacial score (nSPS) is 10.8. The number of benzene rings is 1. The molecule has 1 aromatic carbocycles. The van der Waals surface area contributed by atoms with Gasteiger partial charge in [0.1, 0.15) is 12.1 Å². The molecule has 4 heteroatoms. The summed E-state index contributed by atoms with van der Waals surface area (Å²) < 4.78 is 0. The SMILES string of the molecule is CCCc1c(N)ncnc1-c1cccc2cccnc12. The molecule has 0 aliphatic heterocycles. The second kappa shape index (κ2) is 5.25. The summed E-state index contributed by atoms with van der Waals surface area (Å²) in [6.07, 6.45) is 5.19. The number of hydrogen-bond donors (Lipinski definition) is 1. The first-order valence-electron chi connectivity index (χ1n) is 6.74. The second-order valence-corrected chi connectivity index (χ2v) is 4.72. The van der Waals surface area contributed by atoms with Crippen LogP contribution in [0.3, 0.4) is 0 Å². The van der Waals surface area contributed by atoms with E-state index in [-0.39, 0.29) is 0 Å². The predicted octanol–water partition coefficient (Wildman–Crippen LogP) is 3.23. The molecule has 0 aliphatic carbocycles. The molecule has 2 aromatic heterocycles. The van der Waals surface area contributed by atoms with Gasteiger partial charge in [-0.25, -0.2) is 9.97 Å². The first-order chi connectivity index (χ1) is 9.81. The van der Waals surface area contributed by atoms with Gasteiger partial charge in [-0.05, 0) is 12.5 Å². The maximum Gasteiger partial charge on any atom is 0.130 e. The van der Waals surface area contributed by atoms with Crippen LogP contribution in [0.4, 0.5) is 5.82 Å². The number of hydrogen-bond acceptors (Lipinski definition) is 4. The number of pyridine rings is 1. The number of para-hydroxylation sites is 1. The van der Waals surface area contributed by atoms with Gasteiger partial charge in [-0.3, -0.25) is 4.98 Å². The highest BCUT2D eigenvalue weighted by Gasteiger charge is 2.13. The molecule has 20 heavy (non-hydrogen) atoms. The first kappa shape index (κ1) is 12.5. The standard InChI is InChI=1S/C16H16N4/c1-2-5-13-15(19-10-20-16(13)17)12-8-3-6-11-7-4-9-18-14(11)12/h3-4,6-10H,2,5H2,1H3,(H2,17,19,20). The Morgan fingerprint density at radius 3 is 2.75 bits per heavy atom. The highest BCUT2D eigenvalue weighted by Crippen LogP contribution is 2.30. The fourth-order valence-electron chi connectivity index (χ4n) is 2.45. The summed E-state index contributed by atoms with van der Waals surface area (Å²) >= 11 is 0. The molecule has 0 spiro atoms. The molecule has 0 saturated carbocycles. The van der Waals surface area contributed by atoms with E-state index in [9.17, 15) is 0 Å². The minimum Gasteiger partial charge on any atom is -0.383 e. The quantitative estimate of drug-likeness (QED) is 0.788. The van der Waals surface area contributed by atoms with Crippen molar-refractivity contribution in [1.29, 1.82) is 0 Å². The first-order valence-corrected chi connectivity index (χ1v) is 6.74. The summed E-state index contributed by atoms with van der Waals surface area (Å²) in [6, 6.07) is 10.1. The third-order valence-corrected chi connectivity index (χ3v) is 3.37. The lowest BCUT2D eigenvalue weighted by molar-refractivity contribution is 0.908. The fraction of sp³-hybridized carbons (Fsp3) is 0.188.